The Hall–Kier alpha value is -3.22. The minimum Gasteiger partial charge on any atom is -0.492 e. The second-order valence-electron chi connectivity index (χ2n) is 10.3. The van der Waals surface area contributed by atoms with Crippen molar-refractivity contribution in [3.8, 4) is 28.3 Å². The molecule has 2 saturated heterocycles. The Labute approximate surface area is 250 Å². The molecule has 0 radical (unpaired) electrons. The number of ether oxygens (including phenoxy) is 1. The van der Waals surface area contributed by atoms with Gasteiger partial charge in [0.25, 0.3) is 0 Å². The number of halogens is 3. The molecule has 41 heavy (non-hydrogen) atoms. The zero-order chi connectivity index (χ0) is 26.9. The van der Waals surface area contributed by atoms with Gasteiger partial charge in [-0.2, -0.15) is 5.10 Å². The van der Waals surface area contributed by atoms with Crippen LogP contribution < -0.4 is 15.5 Å². The lowest BCUT2D eigenvalue weighted by molar-refractivity contribution is 0.104. The number of likely N-dealkylation sites (N-methyl/N-ethyl adjacent to an activating group) is 1. The third-order valence-corrected chi connectivity index (χ3v) is 7.64. The Balaban J connectivity index is 0.00000194. The lowest BCUT2D eigenvalue weighted by Gasteiger charge is -2.32. The van der Waals surface area contributed by atoms with Crippen LogP contribution in [-0.2, 0) is 0 Å². The number of fused-ring (bicyclic) bond motifs is 3. The predicted octanol–water partition coefficient (Wildman–Crippen LogP) is 4.03. The molecule has 0 bridgehead atoms. The van der Waals surface area contributed by atoms with Crippen molar-refractivity contribution in [2.24, 2.45) is 0 Å². The van der Waals surface area contributed by atoms with Crippen LogP contribution in [0.2, 0.25) is 0 Å². The summed E-state index contributed by atoms with van der Waals surface area (Å²) in [6, 6.07) is 9.46. The Morgan fingerprint density at radius 2 is 1.78 bits per heavy atom. The number of H-pyrrole nitrogens is 1. The SMILES string of the molecule is CN1CCN(NC(=O)Nc2cccc3c2C(=O)c2c-3n[nH]c2-c2ccc(OCCN3CCCC3)cc2F)CC1.Cl.Cl. The van der Waals surface area contributed by atoms with E-state index in [1.54, 1.807) is 30.3 Å². The highest BCUT2D eigenvalue weighted by Crippen LogP contribution is 2.43. The molecule has 220 valence electrons. The van der Waals surface area contributed by atoms with E-state index in [4.69, 9.17) is 4.74 Å². The summed E-state index contributed by atoms with van der Waals surface area (Å²) in [4.78, 5) is 30.9. The second kappa shape index (κ2) is 13.2. The van der Waals surface area contributed by atoms with Crippen LogP contribution in [0, 0.1) is 5.82 Å². The number of rotatable bonds is 7. The molecule has 1 aliphatic carbocycles. The van der Waals surface area contributed by atoms with Gasteiger partial charge in [-0.25, -0.2) is 14.2 Å². The molecule has 2 aromatic carbocycles. The number of hydrogen-bond donors (Lipinski definition) is 3. The molecule has 0 unspecified atom stereocenters. The fourth-order valence-electron chi connectivity index (χ4n) is 5.48. The largest absolute Gasteiger partial charge is 0.492 e. The molecular weight excluding hydrogens is 572 g/mol. The molecule has 0 atom stereocenters. The van der Waals surface area contributed by atoms with Gasteiger partial charge in [-0.1, -0.05) is 12.1 Å². The number of ketones is 1. The fourth-order valence-corrected chi connectivity index (χ4v) is 5.48. The van der Waals surface area contributed by atoms with Crippen LogP contribution in [0.1, 0.15) is 28.8 Å². The van der Waals surface area contributed by atoms with Crippen LogP contribution in [-0.4, -0.2) is 96.3 Å². The highest BCUT2D eigenvalue weighted by Gasteiger charge is 2.36. The topological polar surface area (TPSA) is 106 Å². The third kappa shape index (κ3) is 6.34. The summed E-state index contributed by atoms with van der Waals surface area (Å²) in [7, 11) is 2.04. The van der Waals surface area contributed by atoms with E-state index in [-0.39, 0.29) is 36.2 Å². The average Bonchev–Trinajstić information content (AvgIpc) is 3.65. The van der Waals surface area contributed by atoms with Crippen molar-refractivity contribution in [3.05, 3.63) is 53.3 Å². The van der Waals surface area contributed by atoms with E-state index in [0.717, 1.165) is 32.7 Å². The monoisotopic (exact) mass is 605 g/mol. The number of aromatic amines is 1. The summed E-state index contributed by atoms with van der Waals surface area (Å²) in [5.41, 5.74) is 5.45. The van der Waals surface area contributed by atoms with Gasteiger partial charge in [0.2, 0.25) is 0 Å². The summed E-state index contributed by atoms with van der Waals surface area (Å²) < 4.78 is 21.0. The number of piperazine rings is 1. The number of hydrazine groups is 1. The quantitative estimate of drug-likeness (QED) is 0.292. The number of nitrogens with one attached hydrogen (secondary N) is 3. The van der Waals surface area contributed by atoms with E-state index >= 15 is 4.39 Å². The van der Waals surface area contributed by atoms with Gasteiger partial charge in [-0.15, -0.1) is 24.8 Å². The summed E-state index contributed by atoms with van der Waals surface area (Å²) in [6.07, 6.45) is 2.42. The van der Waals surface area contributed by atoms with Gasteiger partial charge in [-0.05, 0) is 51.2 Å². The van der Waals surface area contributed by atoms with Gasteiger partial charge in [0.15, 0.2) is 5.78 Å². The molecule has 3 N–H and O–H groups in total. The molecule has 6 rings (SSSR count). The Morgan fingerprint density at radius 3 is 2.51 bits per heavy atom. The van der Waals surface area contributed by atoms with Crippen molar-refractivity contribution in [1.82, 2.24) is 30.4 Å². The zero-order valence-electron chi connectivity index (χ0n) is 22.7. The molecule has 3 aromatic rings. The molecule has 0 spiro atoms. The van der Waals surface area contributed by atoms with Crippen LogP contribution in [0.3, 0.4) is 0 Å². The highest BCUT2D eigenvalue weighted by molar-refractivity contribution is 6.26. The number of amides is 2. The highest BCUT2D eigenvalue weighted by atomic mass is 35.5. The lowest BCUT2D eigenvalue weighted by Crippen LogP contribution is -2.53. The van der Waals surface area contributed by atoms with Gasteiger partial charge < -0.3 is 15.0 Å². The summed E-state index contributed by atoms with van der Waals surface area (Å²) >= 11 is 0. The van der Waals surface area contributed by atoms with Gasteiger partial charge in [0, 0.05) is 49.9 Å². The number of benzene rings is 2. The van der Waals surface area contributed by atoms with Crippen molar-refractivity contribution in [3.63, 3.8) is 0 Å². The molecule has 3 aliphatic rings. The number of anilines is 1. The number of hydrogen-bond acceptors (Lipinski definition) is 7. The number of likely N-dealkylation sites (tertiary alicyclic amines) is 1. The van der Waals surface area contributed by atoms with E-state index in [0.29, 0.717) is 59.2 Å². The van der Waals surface area contributed by atoms with Crippen molar-refractivity contribution < 1.29 is 18.7 Å². The molecular formula is C28H34Cl2FN7O3. The maximum atomic E-state index is 15.2. The second-order valence-corrected chi connectivity index (χ2v) is 10.3. The van der Waals surface area contributed by atoms with Crippen molar-refractivity contribution in [2.45, 2.75) is 12.8 Å². The molecule has 2 fully saturated rings. The van der Waals surface area contributed by atoms with E-state index in [9.17, 15) is 9.59 Å². The van der Waals surface area contributed by atoms with E-state index < -0.39 is 11.8 Å². The molecule has 1 aromatic heterocycles. The predicted molar refractivity (Wildman–Crippen MR) is 160 cm³/mol. The fraction of sp³-hybridized carbons (Fsp3) is 0.393. The van der Waals surface area contributed by atoms with Crippen LogP contribution >= 0.6 is 24.8 Å². The van der Waals surface area contributed by atoms with Crippen molar-refractivity contribution in [1.29, 1.82) is 0 Å². The first-order chi connectivity index (χ1) is 19.0. The maximum Gasteiger partial charge on any atom is 0.333 e. The van der Waals surface area contributed by atoms with Gasteiger partial charge >= 0.3 is 6.03 Å². The van der Waals surface area contributed by atoms with E-state index in [2.05, 4.69) is 30.7 Å². The number of carbonyl (C=O) groups is 2. The van der Waals surface area contributed by atoms with Crippen molar-refractivity contribution in [2.75, 3.05) is 64.8 Å². The average molecular weight is 607 g/mol. The van der Waals surface area contributed by atoms with Crippen LogP contribution in [0.25, 0.3) is 22.5 Å². The summed E-state index contributed by atoms with van der Waals surface area (Å²) in [5, 5.41) is 11.9. The molecule has 13 heteroatoms. The third-order valence-electron chi connectivity index (χ3n) is 7.64. The van der Waals surface area contributed by atoms with Crippen LogP contribution in [0.4, 0.5) is 14.9 Å². The molecule has 2 amide bonds. The first-order valence-corrected chi connectivity index (χ1v) is 13.4. The molecule has 0 saturated carbocycles. The minimum absolute atomic E-state index is 0. The smallest absolute Gasteiger partial charge is 0.333 e. The summed E-state index contributed by atoms with van der Waals surface area (Å²) in [5.74, 6) is -0.377. The number of carbonyl (C=O) groups excluding carboxylic acids is 2. The molecule has 10 nitrogen and oxygen atoms in total. The first kappa shape index (κ1) is 30.7. The Bertz CT molecular complexity index is 1410. The molecule has 3 heterocycles. The van der Waals surface area contributed by atoms with Crippen LogP contribution in [0.15, 0.2) is 36.4 Å². The zero-order valence-corrected chi connectivity index (χ0v) is 24.4. The summed E-state index contributed by atoms with van der Waals surface area (Å²) in [6.45, 7) is 6.59. The van der Waals surface area contributed by atoms with Gasteiger partial charge in [-0.3, -0.25) is 20.2 Å². The van der Waals surface area contributed by atoms with Crippen LogP contribution in [0.5, 0.6) is 5.75 Å². The van der Waals surface area contributed by atoms with E-state index in [1.165, 1.54) is 18.9 Å². The minimum atomic E-state index is -0.506. The first-order valence-electron chi connectivity index (χ1n) is 13.4. The number of aromatic nitrogens is 2. The maximum absolute atomic E-state index is 15.2. The lowest BCUT2D eigenvalue weighted by atomic mass is 10.0. The van der Waals surface area contributed by atoms with Gasteiger partial charge in [0.1, 0.15) is 23.9 Å². The normalized spacial score (nSPS) is 16.9. The van der Waals surface area contributed by atoms with Crippen molar-refractivity contribution >= 4 is 42.3 Å². The molecule has 2 aliphatic heterocycles. The Kier molecular flexibility index (Phi) is 9.88. The number of urea groups is 1. The Morgan fingerprint density at radius 1 is 1.02 bits per heavy atom. The number of nitrogens with zero attached hydrogens (tertiary/aromatic N) is 4. The van der Waals surface area contributed by atoms with Gasteiger partial charge in [0.05, 0.1) is 22.5 Å². The standard InChI is InChI=1S/C28H32FN7O3.2ClH/c1-34-11-13-36(14-12-34)33-28(38)30-22-6-4-5-20-23(22)27(37)24-25(31-32-26(20)24)19-8-7-18(17-21(19)29)39-16-15-35-9-2-3-10-35;;/h4-8,17H,2-3,9-16H2,1H3,(H,31,32)(H2,30,33,38);2*1H. The van der Waals surface area contributed by atoms with E-state index in [1.807, 2.05) is 12.1 Å².